The zero-order valence-corrected chi connectivity index (χ0v) is 21.7. The fraction of sp³-hybridized carbons (Fsp3) is 0.423. The third kappa shape index (κ3) is 6.50. The molecule has 36 heavy (non-hydrogen) atoms. The molecule has 0 spiro atoms. The summed E-state index contributed by atoms with van der Waals surface area (Å²) in [6.07, 6.45) is 2.58. The Kier molecular flexibility index (Phi) is 9.07. The minimum absolute atomic E-state index is 0.146. The van der Waals surface area contributed by atoms with E-state index in [0.29, 0.717) is 29.6 Å². The summed E-state index contributed by atoms with van der Waals surface area (Å²) in [5, 5.41) is 12.6. The third-order valence-corrected chi connectivity index (χ3v) is 7.03. The molecule has 3 aromatic rings. The van der Waals surface area contributed by atoms with Gasteiger partial charge < -0.3 is 28.8 Å². The lowest BCUT2D eigenvalue weighted by Gasteiger charge is -2.14. The van der Waals surface area contributed by atoms with E-state index in [9.17, 15) is 4.79 Å². The highest BCUT2D eigenvalue weighted by molar-refractivity contribution is 7.99. The molecule has 2 heterocycles. The van der Waals surface area contributed by atoms with Crippen LogP contribution in [-0.2, 0) is 29.0 Å². The molecule has 0 saturated carbocycles. The molecule has 2 aromatic carbocycles. The van der Waals surface area contributed by atoms with E-state index in [1.54, 1.807) is 45.2 Å². The van der Waals surface area contributed by atoms with E-state index >= 15 is 0 Å². The van der Waals surface area contributed by atoms with Gasteiger partial charge in [-0.2, -0.15) is 0 Å². The average molecular weight is 513 g/mol. The van der Waals surface area contributed by atoms with Crippen molar-refractivity contribution in [3.63, 3.8) is 0 Å². The first-order valence-corrected chi connectivity index (χ1v) is 12.9. The molecule has 10 heteroatoms. The van der Waals surface area contributed by atoms with Crippen LogP contribution in [0.2, 0.25) is 0 Å². The van der Waals surface area contributed by atoms with Gasteiger partial charge in [-0.15, -0.1) is 10.2 Å². The van der Waals surface area contributed by atoms with E-state index in [-0.39, 0.29) is 25.0 Å². The Labute approximate surface area is 215 Å². The van der Waals surface area contributed by atoms with Crippen LogP contribution in [0.4, 0.5) is 0 Å². The van der Waals surface area contributed by atoms with Crippen LogP contribution in [0.1, 0.15) is 29.8 Å². The summed E-state index contributed by atoms with van der Waals surface area (Å²) in [4.78, 5) is 12.8. The van der Waals surface area contributed by atoms with Gasteiger partial charge >= 0.3 is 0 Å². The minimum atomic E-state index is -0.146. The van der Waals surface area contributed by atoms with E-state index in [1.165, 1.54) is 0 Å². The van der Waals surface area contributed by atoms with Crippen molar-refractivity contribution in [2.45, 2.75) is 43.6 Å². The minimum Gasteiger partial charge on any atom is -0.493 e. The van der Waals surface area contributed by atoms with Crippen molar-refractivity contribution in [1.29, 1.82) is 0 Å². The number of nitrogens with one attached hydrogen (secondary N) is 1. The molecule has 0 bridgehead atoms. The molecule has 1 N–H and O–H groups in total. The van der Waals surface area contributed by atoms with E-state index in [1.807, 2.05) is 18.2 Å². The lowest BCUT2D eigenvalue weighted by atomic mass is 10.1. The molecule has 0 radical (unpaired) electrons. The quantitative estimate of drug-likeness (QED) is 0.369. The van der Waals surface area contributed by atoms with Crippen molar-refractivity contribution in [3.05, 3.63) is 59.4 Å². The number of rotatable bonds is 12. The summed E-state index contributed by atoms with van der Waals surface area (Å²) < 4.78 is 24.0. The number of thioether (sulfide) groups is 1. The number of hydrogen-bond acceptors (Lipinski definition) is 8. The number of amides is 1. The third-order valence-electron chi connectivity index (χ3n) is 5.93. The highest BCUT2D eigenvalue weighted by Gasteiger charge is 2.20. The Hall–Kier alpha value is -3.24. The summed E-state index contributed by atoms with van der Waals surface area (Å²) in [5.41, 5.74) is 1.89. The van der Waals surface area contributed by atoms with E-state index in [4.69, 9.17) is 18.9 Å². The summed E-state index contributed by atoms with van der Waals surface area (Å²) >= 11 is 1.64. The van der Waals surface area contributed by atoms with Crippen LogP contribution in [-0.4, -0.2) is 60.5 Å². The summed E-state index contributed by atoms with van der Waals surface area (Å²) in [6.45, 7) is 1.72. The molecular formula is C26H32N4O5S. The maximum atomic E-state index is 12.8. The number of carbonyl (C=O) groups is 1. The number of methoxy groups -OCH3 is 3. The predicted octanol–water partition coefficient (Wildman–Crippen LogP) is 3.48. The molecule has 1 aliphatic heterocycles. The molecule has 1 amide bonds. The number of carbonyl (C=O) groups excluding carboxylic acids is 1. The standard InChI is InChI=1S/C26H32N4O5S/c1-32-21-12-19(13-22(33-2)25(21)34-3)14-24(31)27-15-23-28-29-26(36-17-20-10-7-11-35-20)30(23)16-18-8-5-4-6-9-18/h4-6,8-9,12-13,20H,7,10-11,14-17H2,1-3H3,(H,27,31). The van der Waals surface area contributed by atoms with Crippen LogP contribution in [0.5, 0.6) is 17.2 Å². The first kappa shape index (κ1) is 25.8. The van der Waals surface area contributed by atoms with Crippen molar-refractivity contribution in [3.8, 4) is 17.2 Å². The van der Waals surface area contributed by atoms with Gasteiger partial charge in [0.2, 0.25) is 11.7 Å². The molecule has 1 atom stereocenters. The lowest BCUT2D eigenvalue weighted by Crippen LogP contribution is -2.26. The Balaban J connectivity index is 1.44. The van der Waals surface area contributed by atoms with E-state index in [2.05, 4.69) is 32.2 Å². The molecule has 1 unspecified atom stereocenters. The second-order valence-corrected chi connectivity index (χ2v) is 9.39. The monoisotopic (exact) mass is 512 g/mol. The Morgan fingerprint density at radius 3 is 2.47 bits per heavy atom. The fourth-order valence-corrected chi connectivity index (χ4v) is 5.11. The Morgan fingerprint density at radius 1 is 1.08 bits per heavy atom. The second-order valence-electron chi connectivity index (χ2n) is 8.40. The van der Waals surface area contributed by atoms with Crippen LogP contribution in [0.25, 0.3) is 0 Å². The molecule has 4 rings (SSSR count). The van der Waals surface area contributed by atoms with Crippen LogP contribution >= 0.6 is 11.8 Å². The zero-order valence-electron chi connectivity index (χ0n) is 20.9. The van der Waals surface area contributed by atoms with Gasteiger partial charge in [0.25, 0.3) is 0 Å². The van der Waals surface area contributed by atoms with Gasteiger partial charge in [0.1, 0.15) is 0 Å². The Morgan fingerprint density at radius 2 is 1.83 bits per heavy atom. The van der Waals surface area contributed by atoms with Gasteiger partial charge in [-0.25, -0.2) is 0 Å². The number of benzene rings is 2. The predicted molar refractivity (Wildman–Crippen MR) is 137 cm³/mol. The van der Waals surface area contributed by atoms with Crippen LogP contribution in [0.3, 0.4) is 0 Å². The van der Waals surface area contributed by atoms with Gasteiger partial charge in [0, 0.05) is 12.4 Å². The first-order chi connectivity index (χ1) is 17.6. The number of hydrogen-bond donors (Lipinski definition) is 1. The topological polar surface area (TPSA) is 96.7 Å². The van der Waals surface area contributed by atoms with Crippen molar-refractivity contribution >= 4 is 17.7 Å². The molecule has 9 nitrogen and oxygen atoms in total. The molecule has 1 saturated heterocycles. The second kappa shape index (κ2) is 12.6. The van der Waals surface area contributed by atoms with Crippen molar-refractivity contribution in [2.24, 2.45) is 0 Å². The molecule has 0 aliphatic carbocycles. The summed E-state index contributed by atoms with van der Waals surface area (Å²) in [5.74, 6) is 2.90. The SMILES string of the molecule is COc1cc(CC(=O)NCc2nnc(SCC3CCCO3)n2Cc2ccccc2)cc(OC)c1OC. The summed E-state index contributed by atoms with van der Waals surface area (Å²) in [6, 6.07) is 13.7. The molecule has 1 fully saturated rings. The number of aromatic nitrogens is 3. The highest BCUT2D eigenvalue weighted by Crippen LogP contribution is 2.38. The maximum Gasteiger partial charge on any atom is 0.224 e. The van der Waals surface area contributed by atoms with E-state index in [0.717, 1.165) is 41.5 Å². The van der Waals surface area contributed by atoms with Gasteiger partial charge in [-0.1, -0.05) is 42.1 Å². The average Bonchev–Trinajstić information content (AvgIpc) is 3.56. The van der Waals surface area contributed by atoms with Gasteiger partial charge in [-0.05, 0) is 36.1 Å². The fourth-order valence-electron chi connectivity index (χ4n) is 4.09. The summed E-state index contributed by atoms with van der Waals surface area (Å²) in [7, 11) is 4.65. The maximum absolute atomic E-state index is 12.8. The molecule has 1 aromatic heterocycles. The highest BCUT2D eigenvalue weighted by atomic mass is 32.2. The van der Waals surface area contributed by atoms with Crippen LogP contribution in [0, 0.1) is 0 Å². The van der Waals surface area contributed by atoms with Crippen molar-refractivity contribution in [2.75, 3.05) is 33.7 Å². The van der Waals surface area contributed by atoms with Gasteiger partial charge in [-0.3, -0.25) is 4.79 Å². The van der Waals surface area contributed by atoms with Gasteiger partial charge in [0.05, 0.1) is 46.9 Å². The normalized spacial score (nSPS) is 15.0. The molecule has 1 aliphatic rings. The number of ether oxygens (including phenoxy) is 4. The van der Waals surface area contributed by atoms with Crippen LogP contribution in [0.15, 0.2) is 47.6 Å². The largest absolute Gasteiger partial charge is 0.493 e. The number of nitrogens with zero attached hydrogens (tertiary/aromatic N) is 3. The smallest absolute Gasteiger partial charge is 0.224 e. The van der Waals surface area contributed by atoms with Gasteiger partial charge in [0.15, 0.2) is 22.5 Å². The first-order valence-electron chi connectivity index (χ1n) is 11.9. The van der Waals surface area contributed by atoms with Crippen LogP contribution < -0.4 is 19.5 Å². The Bertz CT molecular complexity index is 1120. The lowest BCUT2D eigenvalue weighted by molar-refractivity contribution is -0.120. The van der Waals surface area contributed by atoms with Crippen molar-refractivity contribution < 1.29 is 23.7 Å². The van der Waals surface area contributed by atoms with E-state index < -0.39 is 0 Å². The molecular weight excluding hydrogens is 480 g/mol. The van der Waals surface area contributed by atoms with Crippen molar-refractivity contribution in [1.82, 2.24) is 20.1 Å². The molecule has 192 valence electrons. The zero-order chi connectivity index (χ0) is 25.3.